The molecule has 0 saturated carbocycles. The minimum Gasteiger partial charge on any atom is -0.491 e. The first kappa shape index (κ1) is 27.5. The number of fused-ring (bicyclic) bond motifs is 1. The summed E-state index contributed by atoms with van der Waals surface area (Å²) in [6.07, 6.45) is 2.15. The molecular formula is C26H36ClN5O4. The van der Waals surface area contributed by atoms with Crippen LogP contribution in [0.15, 0.2) is 18.2 Å². The minimum absolute atomic E-state index is 0.0239. The molecule has 0 bridgehead atoms. The molecule has 1 aromatic heterocycles. The molecule has 3 rings (SSSR count). The summed E-state index contributed by atoms with van der Waals surface area (Å²) >= 11 is 6.12. The summed E-state index contributed by atoms with van der Waals surface area (Å²) in [5, 5.41) is 13.5. The van der Waals surface area contributed by atoms with Gasteiger partial charge in [0.25, 0.3) is 5.91 Å². The monoisotopic (exact) mass is 517 g/mol. The number of hydrogen-bond acceptors (Lipinski definition) is 5. The predicted octanol–water partition coefficient (Wildman–Crippen LogP) is 3.18. The summed E-state index contributed by atoms with van der Waals surface area (Å²) in [5.74, 6) is -0.107. The molecule has 3 amide bonds. The first-order valence-electron chi connectivity index (χ1n) is 12.4. The largest absolute Gasteiger partial charge is 0.491 e. The van der Waals surface area contributed by atoms with Crippen molar-refractivity contribution >= 4 is 29.3 Å². The van der Waals surface area contributed by atoms with Gasteiger partial charge in [-0.15, -0.1) is 0 Å². The molecule has 0 aliphatic carbocycles. The number of nitrogens with zero attached hydrogens (tertiary/aromatic N) is 2. The van der Waals surface area contributed by atoms with Crippen LogP contribution in [0.1, 0.15) is 60.4 Å². The molecule has 2 heterocycles. The van der Waals surface area contributed by atoms with Crippen LogP contribution in [0.4, 0.5) is 0 Å². The maximum atomic E-state index is 13.1. The highest BCUT2D eigenvalue weighted by molar-refractivity contribution is 6.31. The molecule has 9 nitrogen and oxygen atoms in total. The second-order valence-electron chi connectivity index (χ2n) is 9.56. The summed E-state index contributed by atoms with van der Waals surface area (Å²) in [6.45, 7) is 8.83. The Hall–Kier alpha value is -3.07. The predicted molar refractivity (Wildman–Crippen MR) is 138 cm³/mol. The van der Waals surface area contributed by atoms with E-state index in [9.17, 15) is 14.4 Å². The zero-order valence-corrected chi connectivity index (χ0v) is 22.2. The van der Waals surface area contributed by atoms with Gasteiger partial charge in [0.05, 0.1) is 23.8 Å². The summed E-state index contributed by atoms with van der Waals surface area (Å²) in [4.78, 5) is 40.5. The number of carbonyl (C=O) groups is 3. The lowest BCUT2D eigenvalue weighted by Gasteiger charge is -2.26. The van der Waals surface area contributed by atoms with E-state index in [2.05, 4.69) is 20.8 Å². The van der Waals surface area contributed by atoms with Gasteiger partial charge in [0.2, 0.25) is 11.8 Å². The van der Waals surface area contributed by atoms with Crippen molar-refractivity contribution in [1.82, 2.24) is 25.7 Å². The van der Waals surface area contributed by atoms with Gasteiger partial charge in [-0.25, -0.2) is 0 Å². The average molecular weight is 518 g/mol. The van der Waals surface area contributed by atoms with Crippen molar-refractivity contribution in [2.45, 2.75) is 59.4 Å². The van der Waals surface area contributed by atoms with Gasteiger partial charge in [-0.3, -0.25) is 19.5 Å². The Balaban J connectivity index is 1.74. The Kier molecular flexibility index (Phi) is 9.75. The number of aryl methyl sites for hydroxylation is 2. The molecule has 1 aliphatic heterocycles. The first-order valence-corrected chi connectivity index (χ1v) is 12.8. The number of benzene rings is 1. The highest BCUT2D eigenvalue weighted by Crippen LogP contribution is 2.24. The number of amides is 3. The van der Waals surface area contributed by atoms with Crippen LogP contribution in [0.5, 0.6) is 5.75 Å². The molecule has 36 heavy (non-hydrogen) atoms. The summed E-state index contributed by atoms with van der Waals surface area (Å²) in [7, 11) is 0. The third-order valence-electron chi connectivity index (χ3n) is 6.45. The SMILES string of the molecule is Cc1n[nH]c(C)c1CCC(=O)N1CCCCNC(=O)c2cc(Cl)ccc2OC[C@@H](C(C)C)NC(=O)C1. The average Bonchev–Trinajstić information content (AvgIpc) is 3.15. The number of H-pyrrole nitrogens is 1. The van der Waals surface area contributed by atoms with Crippen LogP contribution in [-0.4, -0.2) is 65.1 Å². The van der Waals surface area contributed by atoms with E-state index in [0.29, 0.717) is 48.7 Å². The van der Waals surface area contributed by atoms with Gasteiger partial charge in [0.15, 0.2) is 0 Å². The van der Waals surface area contributed by atoms with Gasteiger partial charge in [-0.2, -0.15) is 5.10 Å². The van der Waals surface area contributed by atoms with Crippen LogP contribution >= 0.6 is 11.6 Å². The first-order chi connectivity index (χ1) is 17.2. The molecule has 0 fully saturated rings. The molecule has 1 aliphatic rings. The van der Waals surface area contributed by atoms with E-state index < -0.39 is 0 Å². The number of aromatic nitrogens is 2. The van der Waals surface area contributed by atoms with Gasteiger partial charge in [-0.05, 0) is 62.8 Å². The lowest BCUT2D eigenvalue weighted by Crippen LogP contribution is -2.48. The maximum Gasteiger partial charge on any atom is 0.255 e. The number of aromatic amines is 1. The second-order valence-corrected chi connectivity index (χ2v) is 10.00. The van der Waals surface area contributed by atoms with Crippen molar-refractivity contribution in [2.24, 2.45) is 5.92 Å². The molecule has 0 saturated heterocycles. The molecule has 0 unspecified atom stereocenters. The number of rotatable bonds is 4. The van der Waals surface area contributed by atoms with Gasteiger partial charge in [0, 0.05) is 30.2 Å². The molecular weight excluding hydrogens is 482 g/mol. The van der Waals surface area contributed by atoms with E-state index in [4.69, 9.17) is 16.3 Å². The number of carbonyl (C=O) groups excluding carboxylic acids is 3. The Morgan fingerprint density at radius 2 is 2.03 bits per heavy atom. The molecule has 1 aromatic carbocycles. The third-order valence-corrected chi connectivity index (χ3v) is 6.69. The van der Waals surface area contributed by atoms with E-state index in [0.717, 1.165) is 17.0 Å². The molecule has 0 spiro atoms. The van der Waals surface area contributed by atoms with Crippen LogP contribution in [-0.2, 0) is 16.0 Å². The third kappa shape index (κ3) is 7.46. The van der Waals surface area contributed by atoms with E-state index in [1.165, 1.54) is 0 Å². The number of halogens is 1. The van der Waals surface area contributed by atoms with E-state index in [1.807, 2.05) is 27.7 Å². The Morgan fingerprint density at radius 3 is 2.72 bits per heavy atom. The number of hydrogen-bond donors (Lipinski definition) is 3. The Morgan fingerprint density at radius 1 is 1.25 bits per heavy atom. The number of nitrogens with one attached hydrogen (secondary N) is 3. The molecule has 3 N–H and O–H groups in total. The van der Waals surface area contributed by atoms with Crippen molar-refractivity contribution in [3.63, 3.8) is 0 Å². The quantitative estimate of drug-likeness (QED) is 0.576. The van der Waals surface area contributed by atoms with Crippen LogP contribution in [0.3, 0.4) is 0 Å². The van der Waals surface area contributed by atoms with Crippen LogP contribution in [0.25, 0.3) is 0 Å². The summed E-state index contributed by atoms with van der Waals surface area (Å²) in [6, 6.07) is 4.61. The minimum atomic E-state index is -0.303. The van der Waals surface area contributed by atoms with Crippen LogP contribution in [0, 0.1) is 19.8 Å². The summed E-state index contributed by atoms with van der Waals surface area (Å²) < 4.78 is 5.96. The van der Waals surface area contributed by atoms with Crippen molar-refractivity contribution in [3.05, 3.63) is 45.7 Å². The number of ether oxygens (including phenoxy) is 1. The van der Waals surface area contributed by atoms with Crippen molar-refractivity contribution in [2.75, 3.05) is 26.2 Å². The maximum absolute atomic E-state index is 13.1. The van der Waals surface area contributed by atoms with Crippen molar-refractivity contribution in [1.29, 1.82) is 0 Å². The zero-order valence-electron chi connectivity index (χ0n) is 21.4. The molecule has 2 aromatic rings. The van der Waals surface area contributed by atoms with E-state index in [1.54, 1.807) is 23.1 Å². The molecule has 0 radical (unpaired) electrons. The lowest BCUT2D eigenvalue weighted by atomic mass is 10.1. The standard InChI is InChI=1S/C26H36ClN5O4/c1-16(2)22-15-36-23-9-7-19(27)13-21(23)26(35)28-11-5-6-12-32(14-24(33)29-22)25(34)10-8-20-17(3)30-31-18(20)4/h7,9,13,16,22H,5-6,8,10-12,14-15H2,1-4H3,(H,28,35)(H,29,33)(H,30,31)/t22-/m0/s1. The highest BCUT2D eigenvalue weighted by Gasteiger charge is 2.23. The fraction of sp³-hybridized carbons (Fsp3) is 0.538. The van der Waals surface area contributed by atoms with E-state index >= 15 is 0 Å². The molecule has 10 heteroatoms. The topological polar surface area (TPSA) is 116 Å². The van der Waals surface area contributed by atoms with Crippen LogP contribution in [0.2, 0.25) is 5.02 Å². The summed E-state index contributed by atoms with van der Waals surface area (Å²) in [5.41, 5.74) is 3.22. The molecule has 196 valence electrons. The van der Waals surface area contributed by atoms with Crippen LogP contribution < -0.4 is 15.4 Å². The van der Waals surface area contributed by atoms with Gasteiger partial charge in [0.1, 0.15) is 12.4 Å². The van der Waals surface area contributed by atoms with Gasteiger partial charge >= 0.3 is 0 Å². The zero-order chi connectivity index (χ0) is 26.2. The molecule has 1 atom stereocenters. The Labute approximate surface area is 217 Å². The smallest absolute Gasteiger partial charge is 0.255 e. The fourth-order valence-corrected chi connectivity index (χ4v) is 4.33. The van der Waals surface area contributed by atoms with E-state index in [-0.39, 0.29) is 49.3 Å². The lowest BCUT2D eigenvalue weighted by molar-refractivity contribution is -0.136. The van der Waals surface area contributed by atoms with Crippen molar-refractivity contribution < 1.29 is 19.1 Å². The van der Waals surface area contributed by atoms with Gasteiger partial charge in [-0.1, -0.05) is 25.4 Å². The van der Waals surface area contributed by atoms with Gasteiger partial charge < -0.3 is 20.3 Å². The second kappa shape index (κ2) is 12.8. The fourth-order valence-electron chi connectivity index (χ4n) is 4.16. The van der Waals surface area contributed by atoms with Crippen molar-refractivity contribution in [3.8, 4) is 5.75 Å². The normalized spacial score (nSPS) is 17.9. The Bertz CT molecular complexity index is 1060. The highest BCUT2D eigenvalue weighted by atomic mass is 35.5.